The summed E-state index contributed by atoms with van der Waals surface area (Å²) in [5, 5.41) is 9.56. The number of likely N-dealkylation sites (tertiary alicyclic amines) is 1. The molecule has 3 aliphatic heterocycles. The van der Waals surface area contributed by atoms with Crippen LogP contribution in [-0.4, -0.2) is 73.3 Å². The summed E-state index contributed by atoms with van der Waals surface area (Å²) in [5.41, 5.74) is -2.94. The highest BCUT2D eigenvalue weighted by Gasteiger charge is 2.66. The number of aliphatic carboxylic acids is 1. The lowest BCUT2D eigenvalue weighted by Crippen LogP contribution is -2.47. The highest BCUT2D eigenvalue weighted by atomic mass is 19.4. The number of ether oxygens (including phenoxy) is 3. The topological polar surface area (TPSA) is 68.2 Å². The van der Waals surface area contributed by atoms with Crippen LogP contribution in [0.2, 0.25) is 0 Å². The van der Waals surface area contributed by atoms with Crippen molar-refractivity contribution in [2.45, 2.75) is 37.6 Å². The standard InChI is InChI=1S/C22H26F5NO5/c1-11-16(19(20(29)30)33-21(11,2)22(25,26)27)14-3-4-15(23)17(24)18(14)32-6-5-28-7-12-9-31-10-13(12)8-28/h3-4,11-13,16,19H,5-10H2,1-2H3,(H,29,30)/t11-,12-,13+,16-,19+,21+/m0/s1. The third-order valence-electron chi connectivity index (χ3n) is 7.32. The maximum Gasteiger partial charge on any atom is 0.417 e. The quantitative estimate of drug-likeness (QED) is 0.631. The molecule has 6 atom stereocenters. The first kappa shape index (κ1) is 24.2. The van der Waals surface area contributed by atoms with Crippen LogP contribution in [0.5, 0.6) is 5.75 Å². The van der Waals surface area contributed by atoms with Crippen LogP contribution >= 0.6 is 0 Å². The average molecular weight is 479 g/mol. The maximum absolute atomic E-state index is 14.7. The van der Waals surface area contributed by atoms with E-state index in [1.807, 2.05) is 0 Å². The van der Waals surface area contributed by atoms with Crippen molar-refractivity contribution in [2.75, 3.05) is 39.5 Å². The van der Waals surface area contributed by atoms with Crippen molar-refractivity contribution in [3.8, 4) is 5.75 Å². The number of hydrogen-bond donors (Lipinski definition) is 1. The predicted molar refractivity (Wildman–Crippen MR) is 105 cm³/mol. The molecule has 1 aromatic rings. The Bertz CT molecular complexity index is 900. The van der Waals surface area contributed by atoms with Crippen molar-refractivity contribution in [3.05, 3.63) is 29.3 Å². The van der Waals surface area contributed by atoms with Crippen LogP contribution in [0.1, 0.15) is 25.3 Å². The number of carboxylic acid groups (broad SMARTS) is 1. The second kappa shape index (κ2) is 8.66. The molecule has 33 heavy (non-hydrogen) atoms. The number of benzene rings is 1. The van der Waals surface area contributed by atoms with E-state index in [0.717, 1.165) is 32.1 Å². The zero-order valence-corrected chi connectivity index (χ0v) is 18.2. The van der Waals surface area contributed by atoms with Gasteiger partial charge in [-0.15, -0.1) is 0 Å². The molecule has 0 bridgehead atoms. The van der Waals surface area contributed by atoms with Crippen LogP contribution < -0.4 is 4.74 Å². The highest BCUT2D eigenvalue weighted by molar-refractivity contribution is 5.75. The Balaban J connectivity index is 1.58. The molecular formula is C22H26F5NO5. The SMILES string of the molecule is C[C@H]1[C@@H](c2ccc(F)c(F)c2OCCN2C[C@H]3COC[C@H]3C2)[C@H](C(=O)O)O[C@@]1(C)C(F)(F)F. The summed E-state index contributed by atoms with van der Waals surface area (Å²) in [6.07, 6.45) is -6.77. The van der Waals surface area contributed by atoms with Crippen molar-refractivity contribution in [2.24, 2.45) is 17.8 Å². The van der Waals surface area contributed by atoms with Crippen molar-refractivity contribution in [1.82, 2.24) is 4.90 Å². The van der Waals surface area contributed by atoms with Crippen molar-refractivity contribution < 1.29 is 46.1 Å². The molecule has 0 saturated carbocycles. The van der Waals surface area contributed by atoms with Crippen LogP contribution in [0, 0.1) is 29.4 Å². The fourth-order valence-electron chi connectivity index (χ4n) is 5.21. The zero-order valence-electron chi connectivity index (χ0n) is 18.2. The van der Waals surface area contributed by atoms with Gasteiger partial charge in [0.15, 0.2) is 23.3 Å². The van der Waals surface area contributed by atoms with E-state index >= 15 is 0 Å². The molecular weight excluding hydrogens is 453 g/mol. The first-order chi connectivity index (χ1) is 15.4. The van der Waals surface area contributed by atoms with Gasteiger partial charge in [-0.3, -0.25) is 4.90 Å². The smallest absolute Gasteiger partial charge is 0.417 e. The molecule has 1 aromatic carbocycles. The Labute approximate surface area is 187 Å². The van der Waals surface area contributed by atoms with Gasteiger partial charge in [-0.1, -0.05) is 13.0 Å². The number of halogens is 5. The molecule has 3 heterocycles. The Morgan fingerprint density at radius 1 is 1.24 bits per heavy atom. The molecule has 0 aromatic heterocycles. The molecule has 0 unspecified atom stereocenters. The van der Waals surface area contributed by atoms with E-state index in [4.69, 9.17) is 14.2 Å². The highest BCUT2D eigenvalue weighted by Crippen LogP contribution is 2.54. The first-order valence-corrected chi connectivity index (χ1v) is 10.8. The van der Waals surface area contributed by atoms with Gasteiger partial charge in [-0.2, -0.15) is 17.6 Å². The summed E-state index contributed by atoms with van der Waals surface area (Å²) in [7, 11) is 0. The molecule has 4 rings (SSSR count). The maximum atomic E-state index is 14.7. The van der Waals surface area contributed by atoms with E-state index in [0.29, 0.717) is 31.6 Å². The second-order valence-electron chi connectivity index (χ2n) is 9.24. The van der Waals surface area contributed by atoms with E-state index in [9.17, 15) is 31.9 Å². The minimum atomic E-state index is -4.87. The number of hydrogen-bond acceptors (Lipinski definition) is 5. The lowest BCUT2D eigenvalue weighted by atomic mass is 9.77. The number of alkyl halides is 3. The molecule has 3 fully saturated rings. The largest absolute Gasteiger partial charge is 0.489 e. The molecule has 0 aliphatic carbocycles. The van der Waals surface area contributed by atoms with Gasteiger partial charge >= 0.3 is 12.1 Å². The summed E-state index contributed by atoms with van der Waals surface area (Å²) in [4.78, 5) is 13.9. The Morgan fingerprint density at radius 2 is 1.88 bits per heavy atom. The molecule has 6 nitrogen and oxygen atoms in total. The normalized spacial score (nSPS) is 34.6. The Kier molecular flexibility index (Phi) is 6.34. The molecule has 3 saturated heterocycles. The molecule has 3 aliphatic rings. The fourth-order valence-corrected chi connectivity index (χ4v) is 5.21. The monoisotopic (exact) mass is 479 g/mol. The van der Waals surface area contributed by atoms with E-state index in [2.05, 4.69) is 4.90 Å². The van der Waals surface area contributed by atoms with Gasteiger partial charge in [-0.05, 0) is 13.0 Å². The fraction of sp³-hybridized carbons (Fsp3) is 0.682. The second-order valence-corrected chi connectivity index (χ2v) is 9.24. The molecule has 184 valence electrons. The Morgan fingerprint density at radius 3 is 2.45 bits per heavy atom. The van der Waals surface area contributed by atoms with E-state index in [1.165, 1.54) is 6.92 Å². The van der Waals surface area contributed by atoms with E-state index in [1.54, 1.807) is 0 Å². The van der Waals surface area contributed by atoms with Gasteiger partial charge in [0.05, 0.1) is 13.2 Å². The van der Waals surface area contributed by atoms with Crippen LogP contribution in [0.4, 0.5) is 22.0 Å². The predicted octanol–water partition coefficient (Wildman–Crippen LogP) is 3.45. The molecule has 11 heteroatoms. The van der Waals surface area contributed by atoms with Gasteiger partial charge in [0, 0.05) is 48.9 Å². The third-order valence-corrected chi connectivity index (χ3v) is 7.32. The molecule has 0 radical (unpaired) electrons. The van der Waals surface area contributed by atoms with Crippen molar-refractivity contribution >= 4 is 5.97 Å². The average Bonchev–Trinajstić information content (AvgIpc) is 3.39. The minimum Gasteiger partial charge on any atom is -0.489 e. The van der Waals surface area contributed by atoms with Crippen LogP contribution in [0.3, 0.4) is 0 Å². The van der Waals surface area contributed by atoms with Crippen molar-refractivity contribution in [1.29, 1.82) is 0 Å². The number of nitrogens with zero attached hydrogens (tertiary/aromatic N) is 1. The number of rotatable bonds is 6. The molecule has 0 spiro atoms. The lowest BCUT2D eigenvalue weighted by Gasteiger charge is -2.32. The van der Waals surface area contributed by atoms with E-state index < -0.39 is 53.1 Å². The third kappa shape index (κ3) is 4.19. The summed E-state index contributed by atoms with van der Waals surface area (Å²) in [5.74, 6) is -6.77. The molecule has 1 N–H and O–H groups in total. The minimum absolute atomic E-state index is 0.0378. The lowest BCUT2D eigenvalue weighted by molar-refractivity contribution is -0.273. The summed E-state index contributed by atoms with van der Waals surface area (Å²) in [6.45, 7) is 5.25. The first-order valence-electron chi connectivity index (χ1n) is 10.8. The van der Waals surface area contributed by atoms with E-state index in [-0.39, 0.29) is 12.2 Å². The van der Waals surface area contributed by atoms with Crippen LogP contribution in [0.15, 0.2) is 12.1 Å². The summed E-state index contributed by atoms with van der Waals surface area (Å²) >= 11 is 0. The number of carboxylic acids is 1. The zero-order chi connectivity index (χ0) is 24.1. The van der Waals surface area contributed by atoms with Gasteiger partial charge in [0.2, 0.25) is 5.82 Å². The van der Waals surface area contributed by atoms with Crippen LogP contribution in [-0.2, 0) is 14.3 Å². The summed E-state index contributed by atoms with van der Waals surface area (Å²) < 4.78 is 86.0. The van der Waals surface area contributed by atoms with Gasteiger partial charge in [0.1, 0.15) is 6.61 Å². The summed E-state index contributed by atoms with van der Waals surface area (Å²) in [6, 6.07) is 1.84. The van der Waals surface area contributed by atoms with Gasteiger partial charge in [0.25, 0.3) is 0 Å². The number of fused-ring (bicyclic) bond motifs is 1. The van der Waals surface area contributed by atoms with Crippen LogP contribution in [0.25, 0.3) is 0 Å². The molecule has 0 amide bonds. The van der Waals surface area contributed by atoms with Crippen molar-refractivity contribution in [3.63, 3.8) is 0 Å². The van der Waals surface area contributed by atoms with Gasteiger partial charge < -0.3 is 19.3 Å². The Hall–Kier alpha value is -1.98. The number of carbonyl (C=O) groups is 1. The van der Waals surface area contributed by atoms with Gasteiger partial charge in [-0.25, -0.2) is 9.18 Å².